The van der Waals surface area contributed by atoms with Gasteiger partial charge in [-0.25, -0.2) is 12.7 Å². The van der Waals surface area contributed by atoms with Crippen molar-refractivity contribution in [2.75, 3.05) is 25.9 Å². The summed E-state index contributed by atoms with van der Waals surface area (Å²) < 4.78 is 25.6. The highest BCUT2D eigenvalue weighted by atomic mass is 127. The third-order valence-electron chi connectivity index (χ3n) is 3.23. The van der Waals surface area contributed by atoms with Crippen LogP contribution in [-0.2, 0) is 10.0 Å². The van der Waals surface area contributed by atoms with E-state index in [9.17, 15) is 8.42 Å². The van der Waals surface area contributed by atoms with Gasteiger partial charge in [-0.3, -0.25) is 0 Å². The zero-order chi connectivity index (χ0) is 15.2. The topological polar surface area (TPSA) is 49.4 Å². The molecule has 1 aromatic rings. The van der Waals surface area contributed by atoms with E-state index >= 15 is 0 Å². The molecule has 1 rings (SSSR count). The Labute approximate surface area is 136 Å². The second-order valence-corrected chi connectivity index (χ2v) is 8.06. The Hall–Kier alpha value is -0.180. The first kappa shape index (κ1) is 17.9. The van der Waals surface area contributed by atoms with Gasteiger partial charge in [-0.1, -0.05) is 19.1 Å². The van der Waals surface area contributed by atoms with Crippen LogP contribution in [-0.4, -0.2) is 38.6 Å². The van der Waals surface area contributed by atoms with E-state index in [4.69, 9.17) is 0 Å². The standard InChI is InChI=1S/C14H23IN2O2S/c1-4-17(20(3,18)19)11-5-10-16-12(2)13-6-8-14(15)9-7-13/h6-9,12,16H,4-5,10-11H2,1-3H3. The van der Waals surface area contributed by atoms with Crippen LogP contribution < -0.4 is 5.32 Å². The maximum Gasteiger partial charge on any atom is 0.211 e. The van der Waals surface area contributed by atoms with Crippen molar-refractivity contribution >= 4 is 32.6 Å². The number of hydrogen-bond acceptors (Lipinski definition) is 3. The van der Waals surface area contributed by atoms with Crippen molar-refractivity contribution in [1.29, 1.82) is 0 Å². The van der Waals surface area contributed by atoms with Crippen LogP contribution in [0.3, 0.4) is 0 Å². The van der Waals surface area contributed by atoms with Crippen LogP contribution in [0.4, 0.5) is 0 Å². The average molecular weight is 410 g/mol. The Kier molecular flexibility index (Phi) is 7.42. The Bertz CT molecular complexity index is 502. The Balaban J connectivity index is 2.35. The normalized spacial score (nSPS) is 13.7. The summed E-state index contributed by atoms with van der Waals surface area (Å²) >= 11 is 2.29. The first-order chi connectivity index (χ1) is 9.34. The van der Waals surface area contributed by atoms with Gasteiger partial charge in [0, 0.05) is 22.7 Å². The zero-order valence-corrected chi connectivity index (χ0v) is 15.2. The van der Waals surface area contributed by atoms with Crippen molar-refractivity contribution < 1.29 is 8.42 Å². The van der Waals surface area contributed by atoms with Gasteiger partial charge >= 0.3 is 0 Å². The Morgan fingerprint density at radius 3 is 2.40 bits per heavy atom. The lowest BCUT2D eigenvalue weighted by Gasteiger charge is -2.19. The van der Waals surface area contributed by atoms with Crippen LogP contribution in [0, 0.1) is 3.57 Å². The summed E-state index contributed by atoms with van der Waals surface area (Å²) in [5.41, 5.74) is 1.25. The fourth-order valence-electron chi connectivity index (χ4n) is 2.00. The lowest BCUT2D eigenvalue weighted by Crippen LogP contribution is -2.32. The summed E-state index contributed by atoms with van der Waals surface area (Å²) in [4.78, 5) is 0. The predicted octanol–water partition coefficient (Wildman–Crippen LogP) is 2.61. The van der Waals surface area contributed by atoms with Crippen LogP contribution in [0.25, 0.3) is 0 Å². The monoisotopic (exact) mass is 410 g/mol. The van der Waals surface area contributed by atoms with E-state index < -0.39 is 10.0 Å². The molecular formula is C14H23IN2O2S. The average Bonchev–Trinajstić information content (AvgIpc) is 2.37. The predicted molar refractivity (Wildman–Crippen MR) is 92.3 cm³/mol. The van der Waals surface area contributed by atoms with Gasteiger partial charge < -0.3 is 5.32 Å². The Morgan fingerprint density at radius 2 is 1.90 bits per heavy atom. The van der Waals surface area contributed by atoms with Crippen LogP contribution >= 0.6 is 22.6 Å². The van der Waals surface area contributed by atoms with E-state index in [1.165, 1.54) is 19.7 Å². The highest BCUT2D eigenvalue weighted by molar-refractivity contribution is 14.1. The third kappa shape index (κ3) is 6.07. The second-order valence-electron chi connectivity index (χ2n) is 4.84. The van der Waals surface area contributed by atoms with Gasteiger partial charge in [0.1, 0.15) is 0 Å². The van der Waals surface area contributed by atoms with Gasteiger partial charge in [-0.05, 0) is 60.2 Å². The first-order valence-electron chi connectivity index (χ1n) is 6.78. The molecule has 1 atom stereocenters. The summed E-state index contributed by atoms with van der Waals surface area (Å²) in [5.74, 6) is 0. The third-order valence-corrected chi connectivity index (χ3v) is 5.32. The number of sulfonamides is 1. The van der Waals surface area contributed by atoms with Crippen LogP contribution in [0.1, 0.15) is 31.9 Å². The van der Waals surface area contributed by atoms with Crippen LogP contribution in [0.15, 0.2) is 24.3 Å². The summed E-state index contributed by atoms with van der Waals surface area (Å²) in [6.07, 6.45) is 2.08. The molecule has 0 saturated heterocycles. The molecule has 0 heterocycles. The molecule has 0 fully saturated rings. The van der Waals surface area contributed by atoms with Crippen LogP contribution in [0.2, 0.25) is 0 Å². The smallest absolute Gasteiger partial charge is 0.211 e. The van der Waals surface area contributed by atoms with E-state index in [1.807, 2.05) is 6.92 Å². The SMILES string of the molecule is CCN(CCCNC(C)c1ccc(I)cc1)S(C)(=O)=O. The number of hydrogen-bond donors (Lipinski definition) is 1. The lowest BCUT2D eigenvalue weighted by molar-refractivity contribution is 0.413. The van der Waals surface area contributed by atoms with Gasteiger partial charge in [0.2, 0.25) is 10.0 Å². The molecule has 0 aliphatic carbocycles. The molecule has 20 heavy (non-hydrogen) atoms. The van der Waals surface area contributed by atoms with E-state index in [0.29, 0.717) is 13.1 Å². The molecule has 0 amide bonds. The summed E-state index contributed by atoms with van der Waals surface area (Å²) in [6.45, 7) is 5.89. The van der Waals surface area contributed by atoms with Gasteiger partial charge in [-0.15, -0.1) is 0 Å². The minimum Gasteiger partial charge on any atom is -0.310 e. The number of benzene rings is 1. The molecule has 0 spiro atoms. The molecule has 1 aromatic carbocycles. The highest BCUT2D eigenvalue weighted by Gasteiger charge is 2.13. The lowest BCUT2D eigenvalue weighted by atomic mass is 10.1. The van der Waals surface area contributed by atoms with Gasteiger partial charge in [-0.2, -0.15) is 0 Å². The molecule has 0 aliphatic heterocycles. The molecule has 114 valence electrons. The van der Waals surface area contributed by atoms with Crippen molar-refractivity contribution in [3.8, 4) is 0 Å². The number of halogens is 1. The molecule has 0 aromatic heterocycles. The van der Waals surface area contributed by atoms with Crippen molar-refractivity contribution in [3.63, 3.8) is 0 Å². The van der Waals surface area contributed by atoms with E-state index in [-0.39, 0.29) is 6.04 Å². The molecule has 6 heteroatoms. The molecule has 1 unspecified atom stereocenters. The minimum atomic E-state index is -3.07. The maximum atomic E-state index is 11.4. The summed E-state index contributed by atoms with van der Waals surface area (Å²) in [6, 6.07) is 8.70. The van der Waals surface area contributed by atoms with Crippen molar-refractivity contribution in [3.05, 3.63) is 33.4 Å². The van der Waals surface area contributed by atoms with Gasteiger partial charge in [0.25, 0.3) is 0 Å². The molecule has 1 N–H and O–H groups in total. The number of rotatable bonds is 8. The molecule has 4 nitrogen and oxygen atoms in total. The van der Waals surface area contributed by atoms with E-state index in [0.717, 1.165) is 13.0 Å². The van der Waals surface area contributed by atoms with Crippen molar-refractivity contribution in [2.24, 2.45) is 0 Å². The number of nitrogens with one attached hydrogen (secondary N) is 1. The fraction of sp³-hybridized carbons (Fsp3) is 0.571. The second kappa shape index (κ2) is 8.31. The van der Waals surface area contributed by atoms with Crippen molar-refractivity contribution in [2.45, 2.75) is 26.3 Å². The first-order valence-corrected chi connectivity index (χ1v) is 9.71. The Morgan fingerprint density at radius 1 is 1.30 bits per heavy atom. The molecular weight excluding hydrogens is 387 g/mol. The fourth-order valence-corrected chi connectivity index (χ4v) is 3.29. The highest BCUT2D eigenvalue weighted by Crippen LogP contribution is 2.14. The largest absolute Gasteiger partial charge is 0.310 e. The zero-order valence-electron chi connectivity index (χ0n) is 12.3. The number of nitrogens with zero attached hydrogens (tertiary/aromatic N) is 1. The minimum absolute atomic E-state index is 0.278. The summed E-state index contributed by atoms with van der Waals surface area (Å²) in [5, 5.41) is 3.43. The maximum absolute atomic E-state index is 11.4. The van der Waals surface area contributed by atoms with Crippen LogP contribution in [0.5, 0.6) is 0 Å². The molecule has 0 radical (unpaired) electrons. The van der Waals surface area contributed by atoms with E-state index in [1.54, 1.807) is 0 Å². The van der Waals surface area contributed by atoms with E-state index in [2.05, 4.69) is 59.1 Å². The quantitative estimate of drug-likeness (QED) is 0.530. The molecule has 0 aliphatic rings. The molecule has 0 bridgehead atoms. The molecule has 0 saturated carbocycles. The van der Waals surface area contributed by atoms with Gasteiger partial charge in [0.15, 0.2) is 0 Å². The van der Waals surface area contributed by atoms with Crippen molar-refractivity contribution in [1.82, 2.24) is 9.62 Å². The van der Waals surface area contributed by atoms with Gasteiger partial charge in [0.05, 0.1) is 6.26 Å². The summed E-state index contributed by atoms with van der Waals surface area (Å²) in [7, 11) is -3.07.